The summed E-state index contributed by atoms with van der Waals surface area (Å²) in [5, 5.41) is 2.60. The van der Waals surface area contributed by atoms with Gasteiger partial charge in [0, 0.05) is 0 Å². The van der Waals surface area contributed by atoms with E-state index < -0.39 is 42.3 Å². The molecule has 0 aromatic heterocycles. The molecule has 156 valence electrons. The number of esters is 1. The number of rotatable bonds is 7. The maximum Gasteiger partial charge on any atom is 0.330 e. The van der Waals surface area contributed by atoms with E-state index in [1.54, 1.807) is 62.4 Å². The molecule has 2 aromatic rings. The fourth-order valence-electron chi connectivity index (χ4n) is 3.29. The minimum absolute atomic E-state index is 0.245. The number of amides is 3. The van der Waals surface area contributed by atoms with E-state index >= 15 is 0 Å². The van der Waals surface area contributed by atoms with E-state index in [0.29, 0.717) is 11.4 Å². The summed E-state index contributed by atoms with van der Waals surface area (Å²) in [6.07, 6.45) is 0. The Morgan fingerprint density at radius 3 is 2.10 bits per heavy atom. The molecule has 30 heavy (non-hydrogen) atoms. The van der Waals surface area contributed by atoms with Gasteiger partial charge in [0.25, 0.3) is 17.7 Å². The fourth-order valence-corrected chi connectivity index (χ4v) is 3.29. The summed E-state index contributed by atoms with van der Waals surface area (Å²) in [4.78, 5) is 51.3. The molecule has 2 aromatic carbocycles. The lowest BCUT2D eigenvalue weighted by Gasteiger charge is -2.27. The zero-order valence-corrected chi connectivity index (χ0v) is 16.9. The Hall–Kier alpha value is -3.68. The molecule has 8 heteroatoms. The van der Waals surface area contributed by atoms with E-state index in [9.17, 15) is 19.2 Å². The van der Waals surface area contributed by atoms with Crippen molar-refractivity contribution in [1.29, 1.82) is 0 Å². The molecule has 0 fully saturated rings. The average Bonchev–Trinajstić information content (AvgIpc) is 2.98. The van der Waals surface area contributed by atoms with Crippen molar-refractivity contribution in [2.45, 2.75) is 19.9 Å². The molecule has 0 aliphatic carbocycles. The van der Waals surface area contributed by atoms with Crippen LogP contribution in [0.3, 0.4) is 0 Å². The Bertz CT molecular complexity index is 966. The number of anilines is 1. The highest BCUT2D eigenvalue weighted by atomic mass is 16.5. The number of benzene rings is 2. The van der Waals surface area contributed by atoms with Crippen molar-refractivity contribution in [2.75, 3.05) is 19.0 Å². The van der Waals surface area contributed by atoms with Gasteiger partial charge in [0.15, 0.2) is 6.61 Å². The van der Waals surface area contributed by atoms with Crippen LogP contribution in [0, 0.1) is 5.92 Å². The highest BCUT2D eigenvalue weighted by molar-refractivity contribution is 6.22. The first-order valence-corrected chi connectivity index (χ1v) is 9.41. The van der Waals surface area contributed by atoms with Gasteiger partial charge in [0.1, 0.15) is 11.8 Å². The van der Waals surface area contributed by atoms with Gasteiger partial charge in [-0.2, -0.15) is 0 Å². The second kappa shape index (κ2) is 8.77. The van der Waals surface area contributed by atoms with Gasteiger partial charge in [0.2, 0.25) is 0 Å². The van der Waals surface area contributed by atoms with Gasteiger partial charge in [0.05, 0.1) is 23.9 Å². The number of hydrogen-bond acceptors (Lipinski definition) is 6. The van der Waals surface area contributed by atoms with E-state index in [0.717, 1.165) is 4.90 Å². The molecule has 0 saturated carbocycles. The Morgan fingerprint density at radius 2 is 1.53 bits per heavy atom. The largest absolute Gasteiger partial charge is 0.495 e. The lowest BCUT2D eigenvalue weighted by Crippen LogP contribution is -2.49. The highest BCUT2D eigenvalue weighted by Gasteiger charge is 2.44. The Balaban J connectivity index is 1.69. The number of carbonyl (C=O) groups excluding carboxylic acids is 4. The topological polar surface area (TPSA) is 102 Å². The summed E-state index contributed by atoms with van der Waals surface area (Å²) in [7, 11) is 1.47. The van der Waals surface area contributed by atoms with Gasteiger partial charge < -0.3 is 14.8 Å². The van der Waals surface area contributed by atoms with Crippen LogP contribution in [0.4, 0.5) is 5.69 Å². The molecule has 0 bridgehead atoms. The number of methoxy groups -OCH3 is 1. The molecule has 1 aliphatic rings. The maximum atomic E-state index is 12.7. The number of imide groups is 1. The predicted octanol–water partition coefficient (Wildman–Crippen LogP) is 2.50. The molecular weight excluding hydrogens is 388 g/mol. The molecule has 0 spiro atoms. The van der Waals surface area contributed by atoms with Crippen LogP contribution in [0.15, 0.2) is 48.5 Å². The molecule has 3 rings (SSSR count). The Morgan fingerprint density at radius 1 is 0.967 bits per heavy atom. The van der Waals surface area contributed by atoms with Gasteiger partial charge in [-0.25, -0.2) is 4.79 Å². The molecule has 1 N–H and O–H groups in total. The third-order valence-corrected chi connectivity index (χ3v) is 4.70. The van der Waals surface area contributed by atoms with Crippen molar-refractivity contribution in [1.82, 2.24) is 4.90 Å². The number of carbonyl (C=O) groups is 4. The van der Waals surface area contributed by atoms with E-state index in [2.05, 4.69) is 5.32 Å². The molecule has 1 atom stereocenters. The Kier molecular flexibility index (Phi) is 6.15. The lowest BCUT2D eigenvalue weighted by atomic mass is 10.0. The van der Waals surface area contributed by atoms with Gasteiger partial charge in [-0.05, 0) is 30.2 Å². The first-order valence-electron chi connectivity index (χ1n) is 9.41. The van der Waals surface area contributed by atoms with Gasteiger partial charge in [-0.3, -0.25) is 19.3 Å². The average molecular weight is 410 g/mol. The van der Waals surface area contributed by atoms with Crippen LogP contribution < -0.4 is 10.1 Å². The van der Waals surface area contributed by atoms with Crippen LogP contribution in [-0.4, -0.2) is 48.3 Å². The summed E-state index contributed by atoms with van der Waals surface area (Å²) in [6.45, 7) is 2.83. The summed E-state index contributed by atoms with van der Waals surface area (Å²) in [5.74, 6) is -2.44. The van der Waals surface area contributed by atoms with Crippen LogP contribution in [0.1, 0.15) is 34.6 Å². The third-order valence-electron chi connectivity index (χ3n) is 4.70. The van der Waals surface area contributed by atoms with Crippen LogP contribution >= 0.6 is 0 Å². The van der Waals surface area contributed by atoms with Gasteiger partial charge >= 0.3 is 5.97 Å². The third kappa shape index (κ3) is 4.03. The first kappa shape index (κ1) is 21.0. The van der Waals surface area contributed by atoms with Crippen LogP contribution in [-0.2, 0) is 14.3 Å². The molecule has 1 heterocycles. The van der Waals surface area contributed by atoms with Crippen molar-refractivity contribution in [3.63, 3.8) is 0 Å². The summed E-state index contributed by atoms with van der Waals surface area (Å²) < 4.78 is 10.3. The molecule has 1 aliphatic heterocycles. The number of ether oxygens (including phenoxy) is 2. The van der Waals surface area contributed by atoms with Crippen LogP contribution in [0.25, 0.3) is 0 Å². The number of nitrogens with one attached hydrogen (secondary N) is 1. The minimum atomic E-state index is -1.14. The van der Waals surface area contributed by atoms with Gasteiger partial charge in [-0.15, -0.1) is 0 Å². The zero-order chi connectivity index (χ0) is 21.8. The summed E-state index contributed by atoms with van der Waals surface area (Å²) in [5.41, 5.74) is 0.923. The molecule has 0 saturated heterocycles. The highest BCUT2D eigenvalue weighted by Crippen LogP contribution is 2.28. The number of fused-ring (bicyclic) bond motifs is 1. The van der Waals surface area contributed by atoms with Crippen molar-refractivity contribution in [3.05, 3.63) is 59.7 Å². The smallest absolute Gasteiger partial charge is 0.330 e. The molecule has 8 nitrogen and oxygen atoms in total. The lowest BCUT2D eigenvalue weighted by molar-refractivity contribution is -0.152. The second-order valence-corrected chi connectivity index (χ2v) is 7.07. The van der Waals surface area contributed by atoms with Crippen LogP contribution in [0.2, 0.25) is 0 Å². The first-order chi connectivity index (χ1) is 14.3. The Labute approximate surface area is 173 Å². The van der Waals surface area contributed by atoms with E-state index in [1.807, 2.05) is 0 Å². The maximum absolute atomic E-state index is 12.7. The quantitative estimate of drug-likeness (QED) is 0.556. The van der Waals surface area contributed by atoms with Crippen molar-refractivity contribution >= 4 is 29.4 Å². The minimum Gasteiger partial charge on any atom is -0.495 e. The predicted molar refractivity (Wildman–Crippen MR) is 108 cm³/mol. The zero-order valence-electron chi connectivity index (χ0n) is 16.9. The second-order valence-electron chi connectivity index (χ2n) is 7.07. The number of nitrogens with zero attached hydrogens (tertiary/aromatic N) is 1. The van der Waals surface area contributed by atoms with Gasteiger partial charge in [-0.1, -0.05) is 38.1 Å². The van der Waals surface area contributed by atoms with E-state index in [4.69, 9.17) is 9.47 Å². The number of hydrogen-bond donors (Lipinski definition) is 1. The summed E-state index contributed by atoms with van der Waals surface area (Å²) in [6, 6.07) is 12.0. The SMILES string of the molecule is COc1ccccc1NC(=O)COC(=O)[C@H](C(C)C)N1C(=O)c2ccccc2C1=O. The van der Waals surface area contributed by atoms with E-state index in [-0.39, 0.29) is 11.1 Å². The van der Waals surface area contributed by atoms with Crippen molar-refractivity contribution in [2.24, 2.45) is 5.92 Å². The molecular formula is C22H22N2O6. The molecule has 3 amide bonds. The normalized spacial score (nSPS) is 13.8. The van der Waals surface area contributed by atoms with Crippen molar-refractivity contribution in [3.8, 4) is 5.75 Å². The summed E-state index contributed by atoms with van der Waals surface area (Å²) >= 11 is 0. The monoisotopic (exact) mass is 410 g/mol. The van der Waals surface area contributed by atoms with E-state index in [1.165, 1.54) is 7.11 Å². The number of para-hydroxylation sites is 2. The molecule has 0 radical (unpaired) electrons. The standard InChI is InChI=1S/C22H22N2O6/c1-13(2)19(24-20(26)14-8-4-5-9-15(14)21(24)27)22(28)30-12-18(25)23-16-10-6-7-11-17(16)29-3/h4-11,13,19H,12H2,1-3H3,(H,23,25)/t19-/m0/s1. The van der Waals surface area contributed by atoms with Crippen molar-refractivity contribution < 1.29 is 28.7 Å². The molecule has 0 unspecified atom stereocenters. The van der Waals surface area contributed by atoms with Crippen LogP contribution in [0.5, 0.6) is 5.75 Å². The fraction of sp³-hybridized carbons (Fsp3) is 0.273.